The molecule has 5 nitrogen and oxygen atoms in total. The first-order valence-electron chi connectivity index (χ1n) is 5.90. The Morgan fingerprint density at radius 2 is 2.00 bits per heavy atom. The third kappa shape index (κ3) is 1.71. The number of benzene rings is 1. The van der Waals surface area contributed by atoms with Crippen molar-refractivity contribution in [2.24, 2.45) is 5.92 Å². The number of rotatable bonds is 2. The zero-order chi connectivity index (χ0) is 13.7. The molecule has 1 fully saturated rings. The molecule has 2 aliphatic rings. The molecule has 1 aromatic carbocycles. The number of carbonyl (C=O) groups is 3. The fourth-order valence-electron chi connectivity index (χ4n) is 2.37. The maximum absolute atomic E-state index is 13.2. The van der Waals surface area contributed by atoms with Crippen LogP contribution < -0.4 is 4.90 Å². The van der Waals surface area contributed by atoms with Gasteiger partial charge >= 0.3 is 5.97 Å². The molecule has 1 N–H and O–H groups in total. The summed E-state index contributed by atoms with van der Waals surface area (Å²) in [5, 5.41) is 9.03. The van der Waals surface area contributed by atoms with Crippen LogP contribution in [-0.4, -0.2) is 28.8 Å². The van der Waals surface area contributed by atoms with Crippen LogP contribution in [-0.2, 0) is 9.59 Å². The van der Waals surface area contributed by atoms with E-state index in [1.54, 1.807) is 0 Å². The van der Waals surface area contributed by atoms with Crippen LogP contribution in [0.3, 0.4) is 0 Å². The summed E-state index contributed by atoms with van der Waals surface area (Å²) in [6, 6.07) is 3.44. The molecule has 1 heterocycles. The van der Waals surface area contributed by atoms with Crippen molar-refractivity contribution in [1.82, 2.24) is 0 Å². The van der Waals surface area contributed by atoms with Gasteiger partial charge in [0.2, 0.25) is 5.91 Å². The summed E-state index contributed by atoms with van der Waals surface area (Å²) in [5.41, 5.74) is 0.287. The molecule has 0 radical (unpaired) electrons. The van der Waals surface area contributed by atoms with Crippen LogP contribution in [0.5, 0.6) is 0 Å². The molecular formula is C13H10FNO4. The number of carboxylic acid groups (broad SMARTS) is 1. The fraction of sp³-hybridized carbons (Fsp3) is 0.308. The molecule has 0 bridgehead atoms. The second kappa shape index (κ2) is 3.88. The number of aliphatic carboxylic acids is 1. The highest BCUT2D eigenvalue weighted by Crippen LogP contribution is 2.39. The highest BCUT2D eigenvalue weighted by atomic mass is 19.1. The first kappa shape index (κ1) is 11.8. The molecule has 1 saturated carbocycles. The van der Waals surface area contributed by atoms with E-state index >= 15 is 0 Å². The molecular weight excluding hydrogens is 253 g/mol. The van der Waals surface area contributed by atoms with E-state index in [0.29, 0.717) is 5.69 Å². The molecule has 0 saturated heterocycles. The van der Waals surface area contributed by atoms with Gasteiger partial charge in [-0.25, -0.2) is 4.39 Å². The van der Waals surface area contributed by atoms with Crippen LogP contribution >= 0.6 is 0 Å². The number of carbonyl (C=O) groups excluding carboxylic acids is 2. The highest BCUT2D eigenvalue weighted by molar-refractivity contribution is 6.30. The molecule has 3 rings (SSSR count). The van der Waals surface area contributed by atoms with Crippen LogP contribution in [0, 0.1) is 11.7 Å². The summed E-state index contributed by atoms with van der Waals surface area (Å²) in [7, 11) is 0. The number of hydrogen-bond donors (Lipinski definition) is 1. The summed E-state index contributed by atoms with van der Waals surface area (Å²) < 4.78 is 13.2. The molecule has 1 unspecified atom stereocenters. The average molecular weight is 263 g/mol. The monoisotopic (exact) mass is 263 g/mol. The second-order valence-electron chi connectivity index (χ2n) is 4.74. The van der Waals surface area contributed by atoms with E-state index in [2.05, 4.69) is 0 Å². The minimum Gasteiger partial charge on any atom is -0.480 e. The first-order chi connectivity index (χ1) is 9.00. The van der Waals surface area contributed by atoms with Crippen molar-refractivity contribution >= 4 is 23.3 Å². The number of Topliss-reactive ketones (excluding diaryl/α,β-unsaturated/α-hetero) is 1. The SMILES string of the molecule is O=C(O)C1C(=O)c2cc(F)ccc2N(C2CC2)C1=O. The van der Waals surface area contributed by atoms with Crippen LogP contribution in [0.15, 0.2) is 18.2 Å². The Morgan fingerprint density at radius 3 is 2.58 bits per heavy atom. The van der Waals surface area contributed by atoms with Crippen molar-refractivity contribution in [2.45, 2.75) is 18.9 Å². The van der Waals surface area contributed by atoms with Crippen LogP contribution in [0.25, 0.3) is 0 Å². The van der Waals surface area contributed by atoms with Gasteiger partial charge in [-0.05, 0) is 31.0 Å². The van der Waals surface area contributed by atoms with E-state index in [1.165, 1.54) is 11.0 Å². The van der Waals surface area contributed by atoms with Gasteiger partial charge in [-0.1, -0.05) is 0 Å². The van der Waals surface area contributed by atoms with Gasteiger partial charge in [0.25, 0.3) is 0 Å². The van der Waals surface area contributed by atoms with E-state index in [0.717, 1.165) is 25.0 Å². The van der Waals surface area contributed by atoms with Crippen molar-refractivity contribution < 1.29 is 23.9 Å². The molecule has 1 aliphatic carbocycles. The number of ketones is 1. The van der Waals surface area contributed by atoms with E-state index in [4.69, 9.17) is 5.11 Å². The highest BCUT2D eigenvalue weighted by Gasteiger charge is 2.48. The first-order valence-corrected chi connectivity index (χ1v) is 5.90. The van der Waals surface area contributed by atoms with Gasteiger partial charge < -0.3 is 10.0 Å². The molecule has 98 valence electrons. The maximum Gasteiger partial charge on any atom is 0.324 e. The molecule has 0 aromatic heterocycles. The molecule has 6 heteroatoms. The smallest absolute Gasteiger partial charge is 0.324 e. The van der Waals surface area contributed by atoms with Gasteiger partial charge in [0.1, 0.15) is 5.82 Å². The third-order valence-corrected chi connectivity index (χ3v) is 3.39. The van der Waals surface area contributed by atoms with Gasteiger partial charge in [-0.2, -0.15) is 0 Å². The quantitative estimate of drug-likeness (QED) is 0.814. The Labute approximate surface area is 107 Å². The minimum atomic E-state index is -1.75. The van der Waals surface area contributed by atoms with Gasteiger partial charge in [-0.15, -0.1) is 0 Å². The van der Waals surface area contributed by atoms with E-state index in [-0.39, 0.29) is 11.6 Å². The summed E-state index contributed by atoms with van der Waals surface area (Å²) in [6.07, 6.45) is 1.53. The number of halogens is 1. The largest absolute Gasteiger partial charge is 0.480 e. The number of hydrogen-bond acceptors (Lipinski definition) is 3. The van der Waals surface area contributed by atoms with Crippen molar-refractivity contribution in [3.8, 4) is 0 Å². The molecule has 1 aromatic rings. The normalized spacial score (nSPS) is 22.4. The molecule has 19 heavy (non-hydrogen) atoms. The molecule has 1 aliphatic heterocycles. The van der Waals surface area contributed by atoms with E-state index in [9.17, 15) is 18.8 Å². The van der Waals surface area contributed by atoms with Gasteiger partial charge in [0, 0.05) is 11.6 Å². The standard InChI is InChI=1S/C13H10FNO4/c14-6-1-4-9-8(5-6)11(16)10(13(18)19)12(17)15(9)7-2-3-7/h1,4-5,7,10H,2-3H2,(H,18,19). The van der Waals surface area contributed by atoms with E-state index < -0.39 is 29.4 Å². The lowest BCUT2D eigenvalue weighted by atomic mass is 9.90. The summed E-state index contributed by atoms with van der Waals surface area (Å²) in [4.78, 5) is 36.6. The number of amides is 1. The number of anilines is 1. The van der Waals surface area contributed by atoms with Gasteiger partial charge in [-0.3, -0.25) is 14.4 Å². The number of carboxylic acids is 1. The van der Waals surface area contributed by atoms with Crippen molar-refractivity contribution in [3.63, 3.8) is 0 Å². The van der Waals surface area contributed by atoms with Crippen molar-refractivity contribution in [2.75, 3.05) is 4.90 Å². The topological polar surface area (TPSA) is 74.7 Å². The number of fused-ring (bicyclic) bond motifs is 1. The van der Waals surface area contributed by atoms with Crippen LogP contribution in [0.1, 0.15) is 23.2 Å². The number of nitrogens with zero attached hydrogens (tertiary/aromatic N) is 1. The Bertz CT molecular complexity index is 609. The second-order valence-corrected chi connectivity index (χ2v) is 4.74. The lowest BCUT2D eigenvalue weighted by Gasteiger charge is -2.31. The summed E-state index contributed by atoms with van der Waals surface area (Å²) in [6.45, 7) is 0. The Morgan fingerprint density at radius 1 is 1.32 bits per heavy atom. The van der Waals surface area contributed by atoms with Crippen molar-refractivity contribution in [3.05, 3.63) is 29.6 Å². The molecule has 1 amide bonds. The maximum atomic E-state index is 13.2. The Balaban J connectivity index is 2.18. The minimum absolute atomic E-state index is 0.0288. The Hall–Kier alpha value is -2.24. The van der Waals surface area contributed by atoms with Crippen molar-refractivity contribution in [1.29, 1.82) is 0 Å². The summed E-state index contributed by atoms with van der Waals surface area (Å²) >= 11 is 0. The average Bonchev–Trinajstić information content (AvgIpc) is 3.14. The molecule has 0 spiro atoms. The fourth-order valence-corrected chi connectivity index (χ4v) is 2.37. The Kier molecular flexibility index (Phi) is 2.41. The predicted octanol–water partition coefficient (Wildman–Crippen LogP) is 1.22. The lowest BCUT2D eigenvalue weighted by Crippen LogP contribution is -2.49. The zero-order valence-electron chi connectivity index (χ0n) is 9.80. The van der Waals surface area contributed by atoms with Crippen LogP contribution in [0.4, 0.5) is 10.1 Å². The van der Waals surface area contributed by atoms with Gasteiger partial charge in [0.15, 0.2) is 11.7 Å². The zero-order valence-corrected chi connectivity index (χ0v) is 9.80. The van der Waals surface area contributed by atoms with Crippen LogP contribution in [0.2, 0.25) is 0 Å². The van der Waals surface area contributed by atoms with Gasteiger partial charge in [0.05, 0.1) is 5.69 Å². The van der Waals surface area contributed by atoms with E-state index in [1.807, 2.05) is 0 Å². The summed E-state index contributed by atoms with van der Waals surface area (Å²) in [5.74, 6) is -5.44. The predicted molar refractivity (Wildman–Crippen MR) is 62.4 cm³/mol. The molecule has 1 atom stereocenters. The third-order valence-electron chi connectivity index (χ3n) is 3.39. The lowest BCUT2D eigenvalue weighted by molar-refractivity contribution is -0.144.